The zero-order chi connectivity index (χ0) is 23.9. The maximum absolute atomic E-state index is 13.3. The summed E-state index contributed by atoms with van der Waals surface area (Å²) < 4.78 is 29.9. The lowest BCUT2D eigenvalue weighted by Crippen LogP contribution is -2.23. The number of hydrogen-bond acceptors (Lipinski definition) is 7. The van der Waals surface area contributed by atoms with Crippen molar-refractivity contribution in [2.45, 2.75) is 43.2 Å². The van der Waals surface area contributed by atoms with Gasteiger partial charge in [-0.25, -0.2) is 22.4 Å². The van der Waals surface area contributed by atoms with Crippen LogP contribution in [-0.4, -0.2) is 56.6 Å². The second-order valence-corrected chi connectivity index (χ2v) is 10.5. The van der Waals surface area contributed by atoms with Crippen molar-refractivity contribution in [3.8, 4) is 6.07 Å². The molecule has 4 heterocycles. The Hall–Kier alpha value is -3.26. The Bertz CT molecular complexity index is 1480. The minimum atomic E-state index is -3.81. The fraction of sp³-hybridized carbons (Fsp3) is 0.375. The Kier molecular flexibility index (Phi) is 5.85. The number of nitrogens with zero attached hydrogens (tertiary/aromatic N) is 6. The molecule has 1 N–H and O–H groups in total. The van der Waals surface area contributed by atoms with Crippen LogP contribution in [0.15, 0.2) is 53.7 Å². The predicted molar refractivity (Wildman–Crippen MR) is 128 cm³/mol. The summed E-state index contributed by atoms with van der Waals surface area (Å²) in [6.45, 7) is 4.21. The summed E-state index contributed by atoms with van der Waals surface area (Å²) >= 11 is 0. The Balaban J connectivity index is 1.62. The van der Waals surface area contributed by atoms with Gasteiger partial charge in [-0.3, -0.25) is 0 Å². The molecule has 0 bridgehead atoms. The van der Waals surface area contributed by atoms with Gasteiger partial charge in [-0.05, 0) is 44.5 Å². The average Bonchev–Trinajstić information content (AvgIpc) is 3.55. The molecule has 1 unspecified atom stereocenters. The van der Waals surface area contributed by atoms with E-state index in [0.29, 0.717) is 28.8 Å². The number of pyridine rings is 1. The number of nitriles is 1. The van der Waals surface area contributed by atoms with E-state index in [1.165, 1.54) is 10.2 Å². The molecule has 2 atom stereocenters. The summed E-state index contributed by atoms with van der Waals surface area (Å²) in [7, 11) is -3.81. The van der Waals surface area contributed by atoms with Crippen LogP contribution < -0.4 is 0 Å². The first kappa shape index (κ1) is 22.5. The van der Waals surface area contributed by atoms with Crippen molar-refractivity contribution in [3.63, 3.8) is 0 Å². The molecule has 1 aromatic carbocycles. The topological polar surface area (TPSA) is 117 Å². The number of rotatable bonds is 7. The van der Waals surface area contributed by atoms with Crippen LogP contribution in [0.4, 0.5) is 0 Å². The first-order valence-electron chi connectivity index (χ1n) is 11.4. The van der Waals surface area contributed by atoms with Gasteiger partial charge in [0.05, 0.1) is 22.7 Å². The second kappa shape index (κ2) is 8.83. The van der Waals surface area contributed by atoms with E-state index in [4.69, 9.17) is 5.26 Å². The summed E-state index contributed by atoms with van der Waals surface area (Å²) in [6.07, 6.45) is 4.56. The molecule has 1 saturated heterocycles. The van der Waals surface area contributed by atoms with Crippen molar-refractivity contribution in [1.82, 2.24) is 23.4 Å². The number of benzene rings is 1. The number of aliphatic hydroxyl groups excluding tert-OH is 1. The van der Waals surface area contributed by atoms with Gasteiger partial charge in [-0.2, -0.15) is 5.26 Å². The maximum Gasteiger partial charge on any atom is 0.269 e. The molecular weight excluding hydrogens is 452 g/mol. The van der Waals surface area contributed by atoms with Crippen LogP contribution in [0.3, 0.4) is 0 Å². The van der Waals surface area contributed by atoms with E-state index >= 15 is 0 Å². The average molecular weight is 479 g/mol. The molecule has 0 radical (unpaired) electrons. The molecule has 0 saturated carbocycles. The molecule has 9 nitrogen and oxygen atoms in total. The predicted octanol–water partition coefficient (Wildman–Crippen LogP) is 3.23. The lowest BCUT2D eigenvalue weighted by molar-refractivity contribution is 0.181. The Morgan fingerprint density at radius 2 is 2.06 bits per heavy atom. The van der Waals surface area contributed by atoms with Gasteiger partial charge in [0, 0.05) is 37.1 Å². The lowest BCUT2D eigenvalue weighted by atomic mass is 10.2. The first-order chi connectivity index (χ1) is 16.4. The highest BCUT2D eigenvalue weighted by molar-refractivity contribution is 7.90. The molecule has 5 rings (SSSR count). The minimum Gasteiger partial charge on any atom is -0.385 e. The Labute approximate surface area is 197 Å². The number of unbranched alkanes of at least 4 members (excludes halogenated alkanes) is 1. The second-order valence-electron chi connectivity index (χ2n) is 8.68. The molecule has 10 heteroatoms. The summed E-state index contributed by atoms with van der Waals surface area (Å²) in [5, 5.41) is 20.0. The van der Waals surface area contributed by atoms with Crippen LogP contribution >= 0.6 is 0 Å². The van der Waals surface area contributed by atoms with Gasteiger partial charge in [0.1, 0.15) is 17.4 Å². The quantitative estimate of drug-likeness (QED) is 0.405. The van der Waals surface area contributed by atoms with Crippen molar-refractivity contribution in [1.29, 1.82) is 5.26 Å². The van der Waals surface area contributed by atoms with E-state index in [1.54, 1.807) is 49.5 Å². The van der Waals surface area contributed by atoms with Crippen molar-refractivity contribution < 1.29 is 13.5 Å². The number of likely N-dealkylation sites (tertiary alicyclic amines) is 1. The summed E-state index contributed by atoms with van der Waals surface area (Å²) in [5.74, 6) is 0.548. The fourth-order valence-electron chi connectivity index (χ4n) is 4.84. The van der Waals surface area contributed by atoms with Crippen molar-refractivity contribution in [3.05, 3.63) is 54.6 Å². The van der Waals surface area contributed by atoms with Gasteiger partial charge >= 0.3 is 0 Å². The number of aliphatic hydroxyl groups is 1. The minimum absolute atomic E-state index is 0.0800. The van der Waals surface area contributed by atoms with E-state index in [9.17, 15) is 13.5 Å². The lowest BCUT2D eigenvalue weighted by Gasteiger charge is -2.20. The molecule has 3 aromatic heterocycles. The molecule has 1 aliphatic heterocycles. The molecule has 1 aliphatic rings. The third-order valence-electron chi connectivity index (χ3n) is 6.41. The number of aromatic nitrogens is 4. The summed E-state index contributed by atoms with van der Waals surface area (Å²) in [5.41, 5.74) is 1.74. The molecule has 0 amide bonds. The smallest absolute Gasteiger partial charge is 0.269 e. The molecule has 0 spiro atoms. The van der Waals surface area contributed by atoms with E-state index in [1.807, 2.05) is 0 Å². The number of imidazole rings is 1. The van der Waals surface area contributed by atoms with Gasteiger partial charge in [0.2, 0.25) is 0 Å². The van der Waals surface area contributed by atoms with Crippen LogP contribution in [0.2, 0.25) is 0 Å². The van der Waals surface area contributed by atoms with Gasteiger partial charge in [0.15, 0.2) is 5.65 Å². The summed E-state index contributed by atoms with van der Waals surface area (Å²) in [6, 6.07) is 12.3. The van der Waals surface area contributed by atoms with Crippen molar-refractivity contribution in [2.24, 2.45) is 0 Å². The molecule has 1 fully saturated rings. The van der Waals surface area contributed by atoms with Crippen molar-refractivity contribution >= 4 is 32.1 Å². The highest BCUT2D eigenvalue weighted by Crippen LogP contribution is 2.35. The highest BCUT2D eigenvalue weighted by atomic mass is 32.2. The standard InChI is InChI=1S/C24H26N6O3S/c1-17(31)23-27-21-15-26-24-20(10-14-29(24)34(32,33)19-7-3-2-4-8-19)22(21)30(23)18-9-13-28(16-18)12-6-5-11-25/h2-4,7-8,10,14-15,17-18,31H,5-6,9,12-13,16H2,1H3/t17-,18?/m1/s1. The largest absolute Gasteiger partial charge is 0.385 e. The zero-order valence-corrected chi connectivity index (χ0v) is 19.7. The van der Waals surface area contributed by atoms with E-state index in [-0.39, 0.29) is 10.9 Å². The first-order valence-corrected chi connectivity index (χ1v) is 12.8. The monoisotopic (exact) mass is 478 g/mol. The van der Waals surface area contributed by atoms with Gasteiger partial charge in [0.25, 0.3) is 10.0 Å². The third kappa shape index (κ3) is 3.76. The van der Waals surface area contributed by atoms with Gasteiger partial charge in [-0.15, -0.1) is 0 Å². The van der Waals surface area contributed by atoms with Crippen LogP contribution in [0, 0.1) is 11.3 Å². The van der Waals surface area contributed by atoms with E-state index < -0.39 is 16.1 Å². The zero-order valence-electron chi connectivity index (χ0n) is 18.9. The molecule has 0 aliphatic carbocycles. The maximum atomic E-state index is 13.3. The van der Waals surface area contributed by atoms with Crippen LogP contribution in [0.1, 0.15) is 44.2 Å². The Morgan fingerprint density at radius 1 is 1.26 bits per heavy atom. The molecular formula is C24H26N6O3S. The van der Waals surface area contributed by atoms with Gasteiger partial charge in [-0.1, -0.05) is 18.2 Å². The molecule has 176 valence electrons. The fourth-order valence-corrected chi connectivity index (χ4v) is 6.16. The summed E-state index contributed by atoms with van der Waals surface area (Å²) in [4.78, 5) is 11.6. The van der Waals surface area contributed by atoms with Gasteiger partial charge < -0.3 is 14.6 Å². The number of fused-ring (bicyclic) bond motifs is 3. The van der Waals surface area contributed by atoms with Crippen molar-refractivity contribution in [2.75, 3.05) is 19.6 Å². The number of hydrogen-bond donors (Lipinski definition) is 1. The normalized spacial score (nSPS) is 18.0. The van der Waals surface area contributed by atoms with E-state index in [2.05, 4.69) is 25.5 Å². The van der Waals surface area contributed by atoms with Crippen LogP contribution in [0.25, 0.3) is 22.1 Å². The molecule has 34 heavy (non-hydrogen) atoms. The SMILES string of the molecule is C[C@@H](O)c1nc2cnc3c(ccn3S(=O)(=O)c3ccccc3)c2n1C1CCN(CCCC#N)C1. The Morgan fingerprint density at radius 3 is 2.79 bits per heavy atom. The third-order valence-corrected chi connectivity index (χ3v) is 8.09. The molecule has 4 aromatic rings. The van der Waals surface area contributed by atoms with Crippen LogP contribution in [0.5, 0.6) is 0 Å². The highest BCUT2D eigenvalue weighted by Gasteiger charge is 2.30. The van der Waals surface area contributed by atoms with Crippen LogP contribution in [-0.2, 0) is 10.0 Å². The van der Waals surface area contributed by atoms with E-state index in [0.717, 1.165) is 38.0 Å².